The molecule has 0 saturated carbocycles. The number of ether oxygens (including phenoxy) is 2. The molecule has 1 atom stereocenters. The van der Waals surface area contributed by atoms with Crippen molar-refractivity contribution in [2.75, 3.05) is 31.0 Å². The molecule has 2 heterocycles. The van der Waals surface area contributed by atoms with Crippen molar-refractivity contribution in [3.8, 4) is 11.5 Å². The molecule has 0 aliphatic carbocycles. The highest BCUT2D eigenvalue weighted by atomic mass is 16.5. The number of fused-ring (bicyclic) bond motifs is 1. The van der Waals surface area contributed by atoms with Crippen molar-refractivity contribution in [2.24, 2.45) is 0 Å². The van der Waals surface area contributed by atoms with Gasteiger partial charge in [0.25, 0.3) is 5.56 Å². The molecule has 0 unspecified atom stereocenters. The van der Waals surface area contributed by atoms with Crippen LogP contribution in [0, 0.1) is 0 Å². The number of methoxy groups -OCH3 is 2. The first-order valence-corrected chi connectivity index (χ1v) is 12.8. The Bertz CT molecular complexity index is 1320. The number of aliphatic hydroxyl groups is 1. The second kappa shape index (κ2) is 12.9. The van der Waals surface area contributed by atoms with Crippen molar-refractivity contribution in [3.63, 3.8) is 0 Å². The van der Waals surface area contributed by atoms with E-state index in [1.807, 2.05) is 48.5 Å². The summed E-state index contributed by atoms with van der Waals surface area (Å²) < 4.78 is 10.6. The molecule has 0 aliphatic rings. The molecular formula is C29H35N5O4. The predicted octanol–water partition coefficient (Wildman–Crippen LogP) is 4.51. The van der Waals surface area contributed by atoms with Gasteiger partial charge in [-0.25, -0.2) is 4.98 Å². The van der Waals surface area contributed by atoms with Crippen LogP contribution < -0.4 is 25.2 Å². The van der Waals surface area contributed by atoms with Crippen molar-refractivity contribution < 1.29 is 14.6 Å². The lowest BCUT2D eigenvalue weighted by Crippen LogP contribution is -2.28. The standard InChI is InChI=1S/C29H35N5O4/c1-4-5-6-22(19-35)31-27-26-25(15-16-30-28(26)36)32-29(33-27)34(17-20-7-11-23(37-2)12-8-20)18-21-9-13-24(38-3)14-10-21/h7-16,22,35H,4-6,17-19H2,1-3H3,(H,30,36)(H,31,32,33)/t22-/m0/s1. The highest BCUT2D eigenvalue weighted by molar-refractivity contribution is 5.89. The van der Waals surface area contributed by atoms with Crippen LogP contribution in [-0.2, 0) is 13.1 Å². The molecule has 0 radical (unpaired) electrons. The fraction of sp³-hybridized carbons (Fsp3) is 0.345. The number of hydrogen-bond donors (Lipinski definition) is 3. The molecule has 4 aromatic rings. The van der Waals surface area contributed by atoms with Gasteiger partial charge in [-0.1, -0.05) is 44.0 Å². The third kappa shape index (κ3) is 6.60. The van der Waals surface area contributed by atoms with E-state index in [0.717, 1.165) is 41.9 Å². The molecule has 200 valence electrons. The van der Waals surface area contributed by atoms with E-state index in [9.17, 15) is 9.90 Å². The van der Waals surface area contributed by atoms with Gasteiger partial charge in [0, 0.05) is 19.3 Å². The minimum atomic E-state index is -0.277. The van der Waals surface area contributed by atoms with E-state index in [4.69, 9.17) is 19.4 Å². The molecule has 0 spiro atoms. The molecule has 3 N–H and O–H groups in total. The molecular weight excluding hydrogens is 482 g/mol. The molecule has 4 rings (SSSR count). The average Bonchev–Trinajstić information content (AvgIpc) is 2.95. The summed E-state index contributed by atoms with van der Waals surface area (Å²) in [4.78, 5) is 27.2. The Morgan fingerprint density at radius 2 is 1.55 bits per heavy atom. The molecule has 9 nitrogen and oxygen atoms in total. The Kier molecular flexibility index (Phi) is 9.16. The smallest absolute Gasteiger partial charge is 0.261 e. The summed E-state index contributed by atoms with van der Waals surface area (Å²) in [5, 5.41) is 13.7. The van der Waals surface area contributed by atoms with Gasteiger partial charge in [0.15, 0.2) is 0 Å². The maximum atomic E-state index is 12.8. The third-order valence-corrected chi connectivity index (χ3v) is 6.42. The highest BCUT2D eigenvalue weighted by Gasteiger charge is 2.19. The number of rotatable bonds is 13. The van der Waals surface area contributed by atoms with Gasteiger partial charge < -0.3 is 29.8 Å². The van der Waals surface area contributed by atoms with Gasteiger partial charge in [-0.15, -0.1) is 0 Å². The molecule has 2 aromatic heterocycles. The number of aromatic amines is 1. The Morgan fingerprint density at radius 3 is 2.08 bits per heavy atom. The molecule has 38 heavy (non-hydrogen) atoms. The molecule has 0 aliphatic heterocycles. The van der Waals surface area contributed by atoms with Crippen LogP contribution in [0.2, 0.25) is 0 Å². The number of nitrogens with zero attached hydrogens (tertiary/aromatic N) is 3. The summed E-state index contributed by atoms with van der Waals surface area (Å²) in [6.45, 7) is 3.10. The van der Waals surface area contributed by atoms with Crippen molar-refractivity contribution in [1.82, 2.24) is 15.0 Å². The number of hydrogen-bond acceptors (Lipinski definition) is 8. The number of aliphatic hydroxyl groups excluding tert-OH is 1. The van der Waals surface area contributed by atoms with Crippen molar-refractivity contribution >= 4 is 22.7 Å². The zero-order valence-corrected chi connectivity index (χ0v) is 22.1. The number of unbranched alkanes of at least 4 members (excludes halogenated alkanes) is 1. The Labute approximate surface area is 222 Å². The van der Waals surface area contributed by atoms with Gasteiger partial charge in [-0.3, -0.25) is 4.79 Å². The van der Waals surface area contributed by atoms with Crippen LogP contribution in [0.4, 0.5) is 11.8 Å². The van der Waals surface area contributed by atoms with Gasteiger partial charge in [0.05, 0.1) is 32.4 Å². The van der Waals surface area contributed by atoms with Crippen LogP contribution in [0.5, 0.6) is 11.5 Å². The van der Waals surface area contributed by atoms with Gasteiger partial charge in [-0.2, -0.15) is 4.98 Å². The summed E-state index contributed by atoms with van der Waals surface area (Å²) in [6, 6.07) is 17.3. The predicted molar refractivity (Wildman–Crippen MR) is 150 cm³/mol. The first kappa shape index (κ1) is 26.9. The molecule has 0 amide bonds. The summed E-state index contributed by atoms with van der Waals surface area (Å²) in [6.07, 6.45) is 4.31. The van der Waals surface area contributed by atoms with Gasteiger partial charge in [0.2, 0.25) is 5.95 Å². The van der Waals surface area contributed by atoms with Crippen LogP contribution in [0.15, 0.2) is 65.6 Å². The first-order valence-electron chi connectivity index (χ1n) is 12.8. The average molecular weight is 518 g/mol. The fourth-order valence-corrected chi connectivity index (χ4v) is 4.28. The number of benzene rings is 2. The summed E-state index contributed by atoms with van der Waals surface area (Å²) >= 11 is 0. The number of nitrogens with one attached hydrogen (secondary N) is 2. The normalized spacial score (nSPS) is 11.8. The highest BCUT2D eigenvalue weighted by Crippen LogP contribution is 2.25. The van der Waals surface area contributed by atoms with E-state index < -0.39 is 0 Å². The van der Waals surface area contributed by atoms with Crippen molar-refractivity contribution in [3.05, 3.63) is 82.3 Å². The minimum absolute atomic E-state index is 0.0625. The van der Waals surface area contributed by atoms with E-state index in [1.54, 1.807) is 26.5 Å². The molecule has 0 saturated heterocycles. The van der Waals surface area contributed by atoms with E-state index in [2.05, 4.69) is 22.1 Å². The summed E-state index contributed by atoms with van der Waals surface area (Å²) in [7, 11) is 3.29. The van der Waals surface area contributed by atoms with Crippen LogP contribution in [-0.4, -0.2) is 46.9 Å². The molecule has 2 aromatic carbocycles. The molecule has 0 fully saturated rings. The monoisotopic (exact) mass is 517 g/mol. The third-order valence-electron chi connectivity index (χ3n) is 6.42. The maximum absolute atomic E-state index is 12.8. The molecule has 9 heteroatoms. The Balaban J connectivity index is 1.76. The second-order valence-electron chi connectivity index (χ2n) is 9.16. The van der Waals surface area contributed by atoms with E-state index in [1.165, 1.54) is 0 Å². The first-order chi connectivity index (χ1) is 18.5. The second-order valence-corrected chi connectivity index (χ2v) is 9.16. The van der Waals surface area contributed by atoms with Gasteiger partial charge in [0.1, 0.15) is 22.7 Å². The zero-order chi connectivity index (χ0) is 26.9. The summed E-state index contributed by atoms with van der Waals surface area (Å²) in [5.74, 6) is 2.45. The lowest BCUT2D eigenvalue weighted by atomic mass is 10.1. The minimum Gasteiger partial charge on any atom is -0.497 e. The van der Waals surface area contributed by atoms with Crippen LogP contribution in [0.1, 0.15) is 37.3 Å². The quantitative estimate of drug-likeness (QED) is 0.238. The number of aromatic nitrogens is 3. The van der Waals surface area contributed by atoms with E-state index in [0.29, 0.717) is 35.8 Å². The van der Waals surface area contributed by atoms with E-state index in [-0.39, 0.29) is 18.2 Å². The molecule has 0 bridgehead atoms. The van der Waals surface area contributed by atoms with Crippen LogP contribution in [0.3, 0.4) is 0 Å². The number of anilines is 2. The van der Waals surface area contributed by atoms with Crippen LogP contribution >= 0.6 is 0 Å². The largest absolute Gasteiger partial charge is 0.497 e. The Morgan fingerprint density at radius 1 is 0.947 bits per heavy atom. The van der Waals surface area contributed by atoms with Crippen LogP contribution in [0.25, 0.3) is 10.9 Å². The van der Waals surface area contributed by atoms with Crippen molar-refractivity contribution in [1.29, 1.82) is 0 Å². The lowest BCUT2D eigenvalue weighted by Gasteiger charge is -2.25. The summed E-state index contributed by atoms with van der Waals surface area (Å²) in [5.41, 5.74) is 2.36. The lowest BCUT2D eigenvalue weighted by molar-refractivity contribution is 0.267. The topological polar surface area (TPSA) is 113 Å². The fourth-order valence-electron chi connectivity index (χ4n) is 4.28. The van der Waals surface area contributed by atoms with Gasteiger partial charge >= 0.3 is 0 Å². The van der Waals surface area contributed by atoms with Crippen molar-refractivity contribution in [2.45, 2.75) is 45.3 Å². The van der Waals surface area contributed by atoms with Gasteiger partial charge in [-0.05, 0) is 47.9 Å². The number of pyridine rings is 1. The Hall–Kier alpha value is -4.11. The number of H-pyrrole nitrogens is 1. The SMILES string of the molecule is CCCC[C@@H](CO)Nc1nc(N(Cc2ccc(OC)cc2)Cc2ccc(OC)cc2)nc2cc[nH]c(=O)c12. The zero-order valence-electron chi connectivity index (χ0n) is 22.1. The maximum Gasteiger partial charge on any atom is 0.261 e. The van der Waals surface area contributed by atoms with E-state index >= 15 is 0 Å².